The number of carbonyl (C=O) groups excluding carboxylic acids is 2. The molecule has 0 spiro atoms. The van der Waals surface area contributed by atoms with Gasteiger partial charge in [0.15, 0.2) is 0 Å². The van der Waals surface area contributed by atoms with Crippen LogP contribution in [-0.2, 0) is 9.59 Å². The van der Waals surface area contributed by atoms with E-state index < -0.39 is 23.4 Å². The summed E-state index contributed by atoms with van der Waals surface area (Å²) < 4.78 is 26.7. The van der Waals surface area contributed by atoms with E-state index in [2.05, 4.69) is 10.3 Å². The van der Waals surface area contributed by atoms with Crippen LogP contribution in [0, 0.1) is 11.6 Å². The summed E-state index contributed by atoms with van der Waals surface area (Å²) >= 11 is 0. The summed E-state index contributed by atoms with van der Waals surface area (Å²) in [4.78, 5) is 31.9. The molecule has 0 bridgehead atoms. The molecule has 0 unspecified atom stereocenters. The lowest BCUT2D eigenvalue weighted by Gasteiger charge is -2.34. The van der Waals surface area contributed by atoms with Crippen LogP contribution >= 0.6 is 0 Å². The molecule has 2 aromatic rings. The number of anilines is 2. The van der Waals surface area contributed by atoms with Crippen LogP contribution in [-0.4, -0.2) is 47.9 Å². The fourth-order valence-corrected chi connectivity index (χ4v) is 2.59. The molecule has 0 aliphatic carbocycles. The first kappa shape index (κ1) is 16.8. The van der Waals surface area contributed by atoms with Gasteiger partial charge in [-0.25, -0.2) is 13.8 Å². The molecule has 25 heavy (non-hydrogen) atoms. The molecule has 8 heteroatoms. The maximum absolute atomic E-state index is 13.6. The second-order valence-electron chi connectivity index (χ2n) is 5.55. The van der Waals surface area contributed by atoms with E-state index in [1.54, 1.807) is 6.20 Å². The molecule has 1 saturated heterocycles. The molecule has 0 radical (unpaired) electrons. The van der Waals surface area contributed by atoms with Crippen molar-refractivity contribution in [3.8, 4) is 0 Å². The van der Waals surface area contributed by atoms with Crippen LogP contribution in [0.25, 0.3) is 0 Å². The number of amides is 2. The Kier molecular flexibility index (Phi) is 4.87. The van der Waals surface area contributed by atoms with E-state index in [0.717, 1.165) is 24.0 Å². The van der Waals surface area contributed by atoms with Crippen molar-refractivity contribution in [1.29, 1.82) is 0 Å². The van der Waals surface area contributed by atoms with Crippen molar-refractivity contribution in [3.63, 3.8) is 0 Å². The third-order valence-electron chi connectivity index (χ3n) is 3.91. The summed E-state index contributed by atoms with van der Waals surface area (Å²) in [6.07, 6.45) is 1.69. The minimum atomic E-state index is -0.990. The van der Waals surface area contributed by atoms with Crippen molar-refractivity contribution < 1.29 is 18.4 Å². The SMILES string of the molecule is O=C(Nc1cc(F)ccc1F)C(=O)N1CCN(c2ccccn2)CC1. The van der Waals surface area contributed by atoms with Gasteiger partial charge < -0.3 is 15.1 Å². The normalized spacial score (nSPS) is 14.3. The highest BCUT2D eigenvalue weighted by atomic mass is 19.1. The first-order valence-corrected chi connectivity index (χ1v) is 7.76. The molecule has 1 aromatic heterocycles. The highest BCUT2D eigenvalue weighted by Gasteiger charge is 2.27. The van der Waals surface area contributed by atoms with Crippen molar-refractivity contribution >= 4 is 23.3 Å². The van der Waals surface area contributed by atoms with E-state index in [4.69, 9.17) is 0 Å². The average molecular weight is 346 g/mol. The van der Waals surface area contributed by atoms with Gasteiger partial charge in [0, 0.05) is 38.4 Å². The molecule has 1 aliphatic heterocycles. The minimum absolute atomic E-state index is 0.342. The number of nitrogens with one attached hydrogen (secondary N) is 1. The van der Waals surface area contributed by atoms with Gasteiger partial charge in [-0.15, -0.1) is 0 Å². The lowest BCUT2D eigenvalue weighted by Crippen LogP contribution is -2.51. The Morgan fingerprint density at radius 2 is 1.80 bits per heavy atom. The van der Waals surface area contributed by atoms with Crippen molar-refractivity contribution in [3.05, 3.63) is 54.2 Å². The number of nitrogens with zero attached hydrogens (tertiary/aromatic N) is 3. The number of aromatic nitrogens is 1. The number of pyridine rings is 1. The molecular weight excluding hydrogens is 330 g/mol. The predicted molar refractivity (Wildman–Crippen MR) is 88.0 cm³/mol. The average Bonchev–Trinajstić information content (AvgIpc) is 2.65. The van der Waals surface area contributed by atoms with Gasteiger partial charge in [0.1, 0.15) is 17.5 Å². The second-order valence-corrected chi connectivity index (χ2v) is 5.55. The molecule has 2 heterocycles. The molecule has 3 rings (SSSR count). The molecule has 1 aromatic carbocycles. The van der Waals surface area contributed by atoms with Gasteiger partial charge in [-0.2, -0.15) is 0 Å². The molecule has 2 amide bonds. The molecule has 0 saturated carbocycles. The molecule has 6 nitrogen and oxygen atoms in total. The van der Waals surface area contributed by atoms with Crippen molar-refractivity contribution in [2.24, 2.45) is 0 Å². The first-order chi connectivity index (χ1) is 12.0. The highest BCUT2D eigenvalue weighted by molar-refractivity contribution is 6.39. The van der Waals surface area contributed by atoms with Gasteiger partial charge in [-0.05, 0) is 24.3 Å². The Labute approximate surface area is 143 Å². The Morgan fingerprint density at radius 3 is 2.48 bits per heavy atom. The van der Waals surface area contributed by atoms with Crippen LogP contribution < -0.4 is 10.2 Å². The van der Waals surface area contributed by atoms with E-state index in [-0.39, 0.29) is 5.69 Å². The molecule has 1 N–H and O–H groups in total. The number of hydrogen-bond donors (Lipinski definition) is 1. The zero-order chi connectivity index (χ0) is 17.8. The van der Waals surface area contributed by atoms with Crippen LogP contribution in [0.15, 0.2) is 42.6 Å². The third-order valence-corrected chi connectivity index (χ3v) is 3.91. The maximum Gasteiger partial charge on any atom is 0.313 e. The van der Waals surface area contributed by atoms with Gasteiger partial charge in [0.2, 0.25) is 0 Å². The first-order valence-electron chi connectivity index (χ1n) is 7.76. The Hall–Kier alpha value is -3.03. The topological polar surface area (TPSA) is 65.5 Å². The summed E-state index contributed by atoms with van der Waals surface area (Å²) in [6, 6.07) is 8.22. The number of benzene rings is 1. The Morgan fingerprint density at radius 1 is 1.04 bits per heavy atom. The molecular formula is C17H16F2N4O2. The maximum atomic E-state index is 13.6. The monoisotopic (exact) mass is 346 g/mol. The number of piperazine rings is 1. The van der Waals surface area contributed by atoms with Crippen molar-refractivity contribution in [2.75, 3.05) is 36.4 Å². The van der Waals surface area contributed by atoms with Gasteiger partial charge in [-0.3, -0.25) is 9.59 Å². The lowest BCUT2D eigenvalue weighted by molar-refractivity contribution is -0.143. The highest BCUT2D eigenvalue weighted by Crippen LogP contribution is 2.16. The standard InChI is InChI=1S/C17H16F2N4O2/c18-12-4-5-13(19)14(11-12)21-16(24)17(25)23-9-7-22(8-10-23)15-3-1-2-6-20-15/h1-6,11H,7-10H2,(H,21,24). The van der Waals surface area contributed by atoms with Crippen molar-refractivity contribution in [1.82, 2.24) is 9.88 Å². The van der Waals surface area contributed by atoms with Crippen LogP contribution in [0.2, 0.25) is 0 Å². The van der Waals surface area contributed by atoms with Gasteiger partial charge in [0.25, 0.3) is 0 Å². The third kappa shape index (κ3) is 3.90. The summed E-state index contributed by atoms with van der Waals surface area (Å²) in [5, 5.41) is 2.12. The second kappa shape index (κ2) is 7.25. The zero-order valence-electron chi connectivity index (χ0n) is 13.3. The van der Waals surface area contributed by atoms with Gasteiger partial charge >= 0.3 is 11.8 Å². The van der Waals surface area contributed by atoms with Crippen LogP contribution in [0.5, 0.6) is 0 Å². The molecule has 130 valence electrons. The summed E-state index contributed by atoms with van der Waals surface area (Å²) in [5.74, 6) is -2.46. The number of hydrogen-bond acceptors (Lipinski definition) is 4. The van der Waals surface area contributed by atoms with Crippen molar-refractivity contribution in [2.45, 2.75) is 0 Å². The lowest BCUT2D eigenvalue weighted by atomic mass is 10.2. The van der Waals surface area contributed by atoms with Gasteiger partial charge in [-0.1, -0.05) is 6.07 Å². The zero-order valence-corrected chi connectivity index (χ0v) is 13.3. The Bertz CT molecular complexity index is 777. The van der Waals surface area contributed by atoms with Crippen LogP contribution in [0.3, 0.4) is 0 Å². The van der Waals surface area contributed by atoms with Crippen LogP contribution in [0.1, 0.15) is 0 Å². The largest absolute Gasteiger partial charge is 0.353 e. The summed E-state index contributed by atoms with van der Waals surface area (Å²) in [6.45, 7) is 1.75. The van der Waals surface area contributed by atoms with E-state index in [1.807, 2.05) is 23.1 Å². The number of rotatable bonds is 2. The van der Waals surface area contributed by atoms with Crippen LogP contribution in [0.4, 0.5) is 20.3 Å². The quantitative estimate of drug-likeness (QED) is 0.840. The fourth-order valence-electron chi connectivity index (χ4n) is 2.59. The Balaban J connectivity index is 1.58. The van der Waals surface area contributed by atoms with E-state index in [9.17, 15) is 18.4 Å². The summed E-state index contributed by atoms with van der Waals surface area (Å²) in [7, 11) is 0. The van der Waals surface area contributed by atoms with E-state index in [0.29, 0.717) is 26.2 Å². The predicted octanol–water partition coefficient (Wildman–Crippen LogP) is 1.65. The molecule has 0 atom stereocenters. The summed E-state index contributed by atoms with van der Waals surface area (Å²) in [5.41, 5.74) is -0.356. The van der Waals surface area contributed by atoms with E-state index >= 15 is 0 Å². The molecule has 1 fully saturated rings. The molecule has 1 aliphatic rings. The van der Waals surface area contributed by atoms with E-state index in [1.165, 1.54) is 4.90 Å². The number of halogens is 2. The fraction of sp³-hybridized carbons (Fsp3) is 0.235. The number of carbonyl (C=O) groups is 2. The minimum Gasteiger partial charge on any atom is -0.353 e. The smallest absolute Gasteiger partial charge is 0.313 e. The van der Waals surface area contributed by atoms with Gasteiger partial charge in [0.05, 0.1) is 5.69 Å².